The molecule has 0 aromatic carbocycles. The Labute approximate surface area is 146 Å². The standard InChI is InChI=1S/C11H24O3.C7H16O.CH4/c1-5-6-12-7-8-13-9-10-14-11(2,3)4;1-5-6-8-7(2,3)4;/h5-10H2,1-4H3;5-6H2,1-4H3;1H4. The monoisotopic (exact) mass is 336 g/mol. The first-order valence-corrected chi connectivity index (χ1v) is 8.55. The van der Waals surface area contributed by atoms with Gasteiger partial charge in [0.05, 0.1) is 37.6 Å². The second-order valence-corrected chi connectivity index (χ2v) is 7.15. The maximum atomic E-state index is 5.49. The molecule has 0 aliphatic rings. The Morgan fingerprint density at radius 3 is 1.22 bits per heavy atom. The largest absolute Gasteiger partial charge is 0.379 e. The van der Waals surface area contributed by atoms with Crippen molar-refractivity contribution < 1.29 is 18.9 Å². The minimum atomic E-state index is -0.0674. The average molecular weight is 337 g/mol. The Balaban J connectivity index is -0.000000382. The van der Waals surface area contributed by atoms with E-state index in [2.05, 4.69) is 34.6 Å². The number of hydrogen-bond acceptors (Lipinski definition) is 4. The fourth-order valence-corrected chi connectivity index (χ4v) is 1.28. The quantitative estimate of drug-likeness (QED) is 0.521. The van der Waals surface area contributed by atoms with Crippen LogP contribution in [0.25, 0.3) is 0 Å². The highest BCUT2D eigenvalue weighted by Crippen LogP contribution is 2.06. The maximum absolute atomic E-state index is 5.49. The van der Waals surface area contributed by atoms with E-state index in [-0.39, 0.29) is 18.6 Å². The molecule has 0 aliphatic carbocycles. The molecule has 0 aromatic rings. The summed E-state index contributed by atoms with van der Waals surface area (Å²) in [6, 6.07) is 0. The van der Waals surface area contributed by atoms with E-state index in [1.807, 2.05) is 20.8 Å². The van der Waals surface area contributed by atoms with Gasteiger partial charge in [0.25, 0.3) is 0 Å². The van der Waals surface area contributed by atoms with Gasteiger partial charge in [-0.15, -0.1) is 0 Å². The Bertz CT molecular complexity index is 216. The van der Waals surface area contributed by atoms with E-state index in [1.165, 1.54) is 0 Å². The van der Waals surface area contributed by atoms with Crippen LogP contribution in [-0.4, -0.2) is 50.8 Å². The topological polar surface area (TPSA) is 36.9 Å². The van der Waals surface area contributed by atoms with Gasteiger partial charge < -0.3 is 18.9 Å². The molecule has 0 heterocycles. The van der Waals surface area contributed by atoms with Crippen LogP contribution < -0.4 is 0 Å². The molecule has 0 atom stereocenters. The fourth-order valence-electron chi connectivity index (χ4n) is 1.28. The van der Waals surface area contributed by atoms with Crippen LogP contribution in [0, 0.1) is 0 Å². The molecule has 4 nitrogen and oxygen atoms in total. The van der Waals surface area contributed by atoms with Crippen LogP contribution in [0.3, 0.4) is 0 Å². The SMILES string of the molecule is C.CCCOC(C)(C)C.CCCOCCOCCOC(C)(C)C. The van der Waals surface area contributed by atoms with Crippen LogP contribution in [-0.2, 0) is 18.9 Å². The van der Waals surface area contributed by atoms with E-state index in [0.717, 1.165) is 26.1 Å². The Morgan fingerprint density at radius 2 is 0.870 bits per heavy atom. The van der Waals surface area contributed by atoms with Gasteiger partial charge in [-0.3, -0.25) is 0 Å². The van der Waals surface area contributed by atoms with Crippen molar-refractivity contribution in [3.05, 3.63) is 0 Å². The zero-order valence-electron chi connectivity index (χ0n) is 16.3. The summed E-state index contributed by atoms with van der Waals surface area (Å²) >= 11 is 0. The second-order valence-electron chi connectivity index (χ2n) is 7.15. The highest BCUT2D eigenvalue weighted by molar-refractivity contribution is 4.58. The third-order valence-electron chi connectivity index (χ3n) is 2.22. The molecule has 23 heavy (non-hydrogen) atoms. The first-order chi connectivity index (χ1) is 10.1. The lowest BCUT2D eigenvalue weighted by molar-refractivity contribution is -0.0424. The molecular formula is C19H44O4. The second kappa shape index (κ2) is 16.7. The molecule has 0 saturated carbocycles. The van der Waals surface area contributed by atoms with Gasteiger partial charge in [0.15, 0.2) is 0 Å². The molecule has 0 fully saturated rings. The van der Waals surface area contributed by atoms with Crippen molar-refractivity contribution in [2.45, 2.75) is 86.9 Å². The van der Waals surface area contributed by atoms with E-state index < -0.39 is 0 Å². The molecule has 0 N–H and O–H groups in total. The normalized spacial score (nSPS) is 11.5. The predicted octanol–water partition coefficient (Wildman–Crippen LogP) is 5.09. The van der Waals surface area contributed by atoms with E-state index >= 15 is 0 Å². The summed E-state index contributed by atoms with van der Waals surface area (Å²) in [7, 11) is 0. The van der Waals surface area contributed by atoms with Gasteiger partial charge >= 0.3 is 0 Å². The van der Waals surface area contributed by atoms with Crippen molar-refractivity contribution in [3.63, 3.8) is 0 Å². The van der Waals surface area contributed by atoms with E-state index in [4.69, 9.17) is 18.9 Å². The summed E-state index contributed by atoms with van der Waals surface area (Å²) in [6.07, 6.45) is 2.17. The highest BCUT2D eigenvalue weighted by Gasteiger charge is 2.08. The molecular weight excluding hydrogens is 292 g/mol. The van der Waals surface area contributed by atoms with Crippen LogP contribution in [0.4, 0.5) is 0 Å². The Morgan fingerprint density at radius 1 is 0.522 bits per heavy atom. The van der Waals surface area contributed by atoms with Crippen molar-refractivity contribution in [1.82, 2.24) is 0 Å². The molecule has 0 saturated heterocycles. The average Bonchev–Trinajstić information content (AvgIpc) is 2.38. The molecule has 144 valence electrons. The van der Waals surface area contributed by atoms with Crippen LogP contribution in [0.2, 0.25) is 0 Å². The van der Waals surface area contributed by atoms with Crippen molar-refractivity contribution in [3.8, 4) is 0 Å². The third-order valence-corrected chi connectivity index (χ3v) is 2.22. The van der Waals surface area contributed by atoms with Gasteiger partial charge in [0.2, 0.25) is 0 Å². The predicted molar refractivity (Wildman–Crippen MR) is 100 cm³/mol. The Kier molecular flexibility index (Phi) is 20.1. The summed E-state index contributed by atoms with van der Waals surface area (Å²) in [5, 5.41) is 0. The van der Waals surface area contributed by atoms with Gasteiger partial charge in [0, 0.05) is 13.2 Å². The van der Waals surface area contributed by atoms with E-state index in [9.17, 15) is 0 Å². The molecule has 0 spiro atoms. The third kappa shape index (κ3) is 34.3. The van der Waals surface area contributed by atoms with Crippen LogP contribution in [0.1, 0.15) is 75.7 Å². The smallest absolute Gasteiger partial charge is 0.0707 e. The van der Waals surface area contributed by atoms with Gasteiger partial charge in [-0.2, -0.15) is 0 Å². The van der Waals surface area contributed by atoms with Crippen molar-refractivity contribution in [2.75, 3.05) is 39.6 Å². The van der Waals surface area contributed by atoms with E-state index in [0.29, 0.717) is 26.4 Å². The molecule has 4 heteroatoms. The zero-order chi connectivity index (χ0) is 17.5. The summed E-state index contributed by atoms with van der Waals surface area (Å²) in [6.45, 7) is 20.9. The first kappa shape index (κ1) is 27.7. The molecule has 0 unspecified atom stereocenters. The molecule has 0 bridgehead atoms. The lowest BCUT2D eigenvalue weighted by Crippen LogP contribution is -2.22. The van der Waals surface area contributed by atoms with Gasteiger partial charge in [0.1, 0.15) is 0 Å². The molecule has 0 amide bonds. The lowest BCUT2D eigenvalue weighted by Gasteiger charge is -2.19. The van der Waals surface area contributed by atoms with Gasteiger partial charge in [-0.05, 0) is 54.4 Å². The molecule has 0 rings (SSSR count). The van der Waals surface area contributed by atoms with Crippen molar-refractivity contribution in [2.24, 2.45) is 0 Å². The number of rotatable bonds is 10. The minimum absolute atomic E-state index is 0. The van der Waals surface area contributed by atoms with Gasteiger partial charge in [-0.1, -0.05) is 21.3 Å². The van der Waals surface area contributed by atoms with E-state index in [1.54, 1.807) is 0 Å². The maximum Gasteiger partial charge on any atom is 0.0707 e. The molecule has 0 aliphatic heterocycles. The first-order valence-electron chi connectivity index (χ1n) is 8.55. The fraction of sp³-hybridized carbons (Fsp3) is 1.00. The zero-order valence-corrected chi connectivity index (χ0v) is 16.3. The Hall–Kier alpha value is -0.160. The number of hydrogen-bond donors (Lipinski definition) is 0. The minimum Gasteiger partial charge on any atom is -0.379 e. The summed E-state index contributed by atoms with van der Waals surface area (Å²) < 4.78 is 21.5. The van der Waals surface area contributed by atoms with Gasteiger partial charge in [-0.25, -0.2) is 0 Å². The van der Waals surface area contributed by atoms with Crippen molar-refractivity contribution in [1.29, 1.82) is 0 Å². The lowest BCUT2D eigenvalue weighted by atomic mass is 10.2. The van der Waals surface area contributed by atoms with Crippen LogP contribution in [0.5, 0.6) is 0 Å². The van der Waals surface area contributed by atoms with Crippen LogP contribution >= 0.6 is 0 Å². The number of ether oxygens (including phenoxy) is 4. The molecule has 0 aromatic heterocycles. The summed E-state index contributed by atoms with van der Waals surface area (Å²) in [5.41, 5.74) is -0.0158. The highest BCUT2D eigenvalue weighted by atomic mass is 16.5. The van der Waals surface area contributed by atoms with Crippen molar-refractivity contribution >= 4 is 0 Å². The van der Waals surface area contributed by atoms with Crippen LogP contribution in [0.15, 0.2) is 0 Å². The summed E-state index contributed by atoms with van der Waals surface area (Å²) in [5.74, 6) is 0. The summed E-state index contributed by atoms with van der Waals surface area (Å²) in [4.78, 5) is 0. The molecule has 0 radical (unpaired) electrons.